The summed E-state index contributed by atoms with van der Waals surface area (Å²) < 4.78 is 25.3. The van der Waals surface area contributed by atoms with E-state index in [9.17, 15) is 13.2 Å². The van der Waals surface area contributed by atoms with Gasteiger partial charge in [0.05, 0.1) is 11.9 Å². The number of hydrogen-bond donors (Lipinski definition) is 1. The number of carbonyl (C=O) groups is 1. The molecular weight excluding hydrogens is 324 g/mol. The van der Waals surface area contributed by atoms with Gasteiger partial charge in [0.2, 0.25) is 15.9 Å². The minimum atomic E-state index is -3.57. The first-order valence-electron chi connectivity index (χ1n) is 7.58. The first kappa shape index (κ1) is 18.0. The van der Waals surface area contributed by atoms with Crippen LogP contribution in [0, 0.1) is 20.8 Å². The van der Waals surface area contributed by atoms with Gasteiger partial charge in [0.25, 0.3) is 0 Å². The lowest BCUT2D eigenvalue weighted by Gasteiger charge is -2.22. The molecule has 0 radical (unpaired) electrons. The van der Waals surface area contributed by atoms with Gasteiger partial charge in [0, 0.05) is 5.69 Å². The molecule has 2 aromatic carbocycles. The second-order valence-electron chi connectivity index (χ2n) is 5.95. The normalized spacial score (nSPS) is 11.2. The lowest BCUT2D eigenvalue weighted by Crippen LogP contribution is -2.37. The van der Waals surface area contributed by atoms with E-state index in [0.717, 1.165) is 27.3 Å². The van der Waals surface area contributed by atoms with Crippen LogP contribution in [-0.4, -0.2) is 27.1 Å². The van der Waals surface area contributed by atoms with Crippen molar-refractivity contribution in [3.8, 4) is 0 Å². The molecule has 0 heterocycles. The number of sulfonamides is 1. The summed E-state index contributed by atoms with van der Waals surface area (Å²) in [6, 6.07) is 12.7. The summed E-state index contributed by atoms with van der Waals surface area (Å²) in [5.41, 5.74) is 4.25. The van der Waals surface area contributed by atoms with Gasteiger partial charge in [0.1, 0.15) is 6.54 Å². The van der Waals surface area contributed by atoms with Crippen LogP contribution < -0.4 is 9.62 Å². The van der Waals surface area contributed by atoms with Crippen molar-refractivity contribution in [2.75, 3.05) is 22.4 Å². The molecule has 0 saturated heterocycles. The van der Waals surface area contributed by atoms with E-state index in [1.54, 1.807) is 24.3 Å². The zero-order valence-electron chi connectivity index (χ0n) is 14.3. The average molecular weight is 346 g/mol. The molecule has 0 spiro atoms. The fourth-order valence-electron chi connectivity index (χ4n) is 2.25. The second-order valence-corrected chi connectivity index (χ2v) is 7.86. The highest BCUT2D eigenvalue weighted by molar-refractivity contribution is 7.92. The molecule has 2 aromatic rings. The topological polar surface area (TPSA) is 66.5 Å². The lowest BCUT2D eigenvalue weighted by atomic mass is 10.1. The molecular formula is C18H22N2O3S. The maximum atomic E-state index is 12.3. The van der Waals surface area contributed by atoms with E-state index in [0.29, 0.717) is 11.4 Å². The van der Waals surface area contributed by atoms with E-state index in [4.69, 9.17) is 0 Å². The largest absolute Gasteiger partial charge is 0.325 e. The van der Waals surface area contributed by atoms with E-state index in [1.807, 2.05) is 39.0 Å². The number of carbonyl (C=O) groups excluding carboxylic acids is 1. The molecule has 2 rings (SSSR count). The summed E-state index contributed by atoms with van der Waals surface area (Å²) in [5, 5.41) is 2.72. The lowest BCUT2D eigenvalue weighted by molar-refractivity contribution is -0.114. The first-order chi connectivity index (χ1) is 11.2. The third-order valence-electron chi connectivity index (χ3n) is 3.80. The van der Waals surface area contributed by atoms with Crippen molar-refractivity contribution in [1.29, 1.82) is 0 Å². The Balaban J connectivity index is 2.21. The molecule has 0 fully saturated rings. The summed E-state index contributed by atoms with van der Waals surface area (Å²) in [7, 11) is -3.57. The van der Waals surface area contributed by atoms with Crippen molar-refractivity contribution in [3.63, 3.8) is 0 Å². The molecule has 5 nitrogen and oxygen atoms in total. The zero-order valence-corrected chi connectivity index (χ0v) is 15.1. The summed E-state index contributed by atoms with van der Waals surface area (Å²) in [4.78, 5) is 12.3. The van der Waals surface area contributed by atoms with Crippen molar-refractivity contribution < 1.29 is 13.2 Å². The summed E-state index contributed by atoms with van der Waals surface area (Å²) in [5.74, 6) is -0.387. The van der Waals surface area contributed by atoms with Gasteiger partial charge in [0.15, 0.2) is 0 Å². The molecule has 24 heavy (non-hydrogen) atoms. The van der Waals surface area contributed by atoms with E-state index < -0.39 is 10.0 Å². The van der Waals surface area contributed by atoms with Gasteiger partial charge in [-0.25, -0.2) is 8.42 Å². The van der Waals surface area contributed by atoms with Crippen LogP contribution in [0.2, 0.25) is 0 Å². The summed E-state index contributed by atoms with van der Waals surface area (Å²) in [6.07, 6.45) is 1.10. The number of nitrogens with one attached hydrogen (secondary N) is 1. The standard InChI is InChI=1S/C18H22N2O3S/c1-13-5-8-16(9-6-13)19-18(21)12-20(24(4,22)23)17-10-7-14(2)15(3)11-17/h5-11H,12H2,1-4H3,(H,19,21). The summed E-state index contributed by atoms with van der Waals surface area (Å²) in [6.45, 7) is 5.55. The highest BCUT2D eigenvalue weighted by atomic mass is 32.2. The first-order valence-corrected chi connectivity index (χ1v) is 9.43. The quantitative estimate of drug-likeness (QED) is 0.905. The molecule has 0 aliphatic heterocycles. The molecule has 0 bridgehead atoms. The van der Waals surface area contributed by atoms with Crippen LogP contribution in [0.4, 0.5) is 11.4 Å². The Morgan fingerprint density at radius 1 is 1.00 bits per heavy atom. The maximum absolute atomic E-state index is 12.3. The minimum Gasteiger partial charge on any atom is -0.325 e. The Morgan fingerprint density at radius 3 is 2.17 bits per heavy atom. The van der Waals surface area contributed by atoms with Gasteiger partial charge >= 0.3 is 0 Å². The fourth-order valence-corrected chi connectivity index (χ4v) is 3.10. The number of benzene rings is 2. The SMILES string of the molecule is Cc1ccc(NC(=O)CN(c2ccc(C)c(C)c2)S(C)(=O)=O)cc1. The van der Waals surface area contributed by atoms with Crippen LogP contribution in [0.15, 0.2) is 42.5 Å². The molecule has 1 amide bonds. The number of rotatable bonds is 5. The molecule has 0 aromatic heterocycles. The van der Waals surface area contributed by atoms with Crippen LogP contribution in [0.1, 0.15) is 16.7 Å². The van der Waals surface area contributed by atoms with E-state index in [1.165, 1.54) is 0 Å². The molecule has 0 aliphatic carbocycles. The molecule has 128 valence electrons. The molecule has 0 saturated carbocycles. The highest BCUT2D eigenvalue weighted by Gasteiger charge is 2.21. The fraction of sp³-hybridized carbons (Fsp3) is 0.278. The summed E-state index contributed by atoms with van der Waals surface area (Å²) >= 11 is 0. The Morgan fingerprint density at radius 2 is 1.62 bits per heavy atom. The van der Waals surface area contributed by atoms with Crippen molar-refractivity contribution >= 4 is 27.3 Å². The van der Waals surface area contributed by atoms with Crippen molar-refractivity contribution in [1.82, 2.24) is 0 Å². The van der Waals surface area contributed by atoms with Crippen LogP contribution in [0.25, 0.3) is 0 Å². The van der Waals surface area contributed by atoms with Gasteiger partial charge < -0.3 is 5.32 Å². The van der Waals surface area contributed by atoms with Crippen LogP contribution >= 0.6 is 0 Å². The number of hydrogen-bond acceptors (Lipinski definition) is 3. The molecule has 0 aliphatic rings. The van der Waals surface area contributed by atoms with E-state index in [-0.39, 0.29) is 12.5 Å². The highest BCUT2D eigenvalue weighted by Crippen LogP contribution is 2.21. The van der Waals surface area contributed by atoms with E-state index >= 15 is 0 Å². The van der Waals surface area contributed by atoms with Crippen LogP contribution in [0.5, 0.6) is 0 Å². The molecule has 0 atom stereocenters. The van der Waals surface area contributed by atoms with Gasteiger partial charge in [-0.15, -0.1) is 0 Å². The smallest absolute Gasteiger partial charge is 0.245 e. The number of amides is 1. The van der Waals surface area contributed by atoms with Gasteiger partial charge in [-0.05, 0) is 56.2 Å². The molecule has 1 N–H and O–H groups in total. The van der Waals surface area contributed by atoms with Crippen LogP contribution in [0.3, 0.4) is 0 Å². The minimum absolute atomic E-state index is 0.269. The molecule has 0 unspecified atom stereocenters. The average Bonchev–Trinajstić information content (AvgIpc) is 2.49. The predicted molar refractivity (Wildman–Crippen MR) is 97.9 cm³/mol. The number of anilines is 2. The molecule has 6 heteroatoms. The Kier molecular flexibility index (Phi) is 5.29. The predicted octanol–water partition coefficient (Wildman–Crippen LogP) is 3.02. The van der Waals surface area contributed by atoms with Gasteiger partial charge in [-0.3, -0.25) is 9.10 Å². The van der Waals surface area contributed by atoms with Gasteiger partial charge in [-0.1, -0.05) is 23.8 Å². The maximum Gasteiger partial charge on any atom is 0.245 e. The Labute approximate surface area is 143 Å². The third kappa shape index (κ3) is 4.58. The Hall–Kier alpha value is -2.34. The monoisotopic (exact) mass is 346 g/mol. The van der Waals surface area contributed by atoms with Crippen molar-refractivity contribution in [3.05, 3.63) is 59.2 Å². The van der Waals surface area contributed by atoms with Crippen molar-refractivity contribution in [2.45, 2.75) is 20.8 Å². The number of aryl methyl sites for hydroxylation is 3. The second kappa shape index (κ2) is 7.05. The zero-order chi connectivity index (χ0) is 17.9. The Bertz CT molecular complexity index is 843. The van der Waals surface area contributed by atoms with Crippen molar-refractivity contribution in [2.24, 2.45) is 0 Å². The van der Waals surface area contributed by atoms with E-state index in [2.05, 4.69) is 5.32 Å². The van der Waals surface area contributed by atoms with Gasteiger partial charge in [-0.2, -0.15) is 0 Å². The number of nitrogens with zero attached hydrogens (tertiary/aromatic N) is 1. The third-order valence-corrected chi connectivity index (χ3v) is 4.94. The van der Waals surface area contributed by atoms with Crippen LogP contribution in [-0.2, 0) is 14.8 Å².